The quantitative estimate of drug-likeness (QED) is 0.227. The predicted molar refractivity (Wildman–Crippen MR) is 159 cm³/mol. The fourth-order valence-electron chi connectivity index (χ4n) is 6.28. The largest absolute Gasteiger partial charge is 0.490 e. The first kappa shape index (κ1) is 32.7. The maximum absolute atomic E-state index is 13.7. The number of ether oxygens (including phenoxy) is 2. The Kier molecular flexibility index (Phi) is 11.4. The van der Waals surface area contributed by atoms with Gasteiger partial charge in [-0.15, -0.1) is 0 Å². The van der Waals surface area contributed by atoms with Crippen molar-refractivity contribution in [2.45, 2.75) is 77.9 Å². The van der Waals surface area contributed by atoms with Crippen LogP contribution in [0.15, 0.2) is 24.3 Å². The number of carbonyl (C=O) groups excluding carboxylic acids is 4. The van der Waals surface area contributed by atoms with Crippen LogP contribution in [0.3, 0.4) is 0 Å². The van der Waals surface area contributed by atoms with Crippen LogP contribution >= 0.6 is 0 Å². The van der Waals surface area contributed by atoms with Crippen molar-refractivity contribution in [2.24, 2.45) is 17.3 Å². The van der Waals surface area contributed by atoms with E-state index in [0.717, 1.165) is 25.7 Å². The van der Waals surface area contributed by atoms with Crippen LogP contribution in [-0.4, -0.2) is 102 Å². The highest BCUT2D eigenvalue weighted by molar-refractivity contribution is 5.94. The first-order valence-electron chi connectivity index (χ1n) is 15.7. The highest BCUT2D eigenvalue weighted by atomic mass is 16.5. The monoisotopic (exact) mass is 600 g/mol. The second kappa shape index (κ2) is 15.0. The standard InChI is InChI=1S/C32H48N4O7/c1-32(2,3)28(33-29(38)25(21-36(41)22-37)20-23-6-4-5-7-23)31(40)34-14-12-27(13-15-34)43-26-10-8-24(9-11-26)30(39)35-16-18-42-19-17-35/h8-11,22-23,25,27-28,41H,4-7,12-21H2,1-3H3,(H,33,38)/t25-,28?/m1/s1. The number of carbonyl (C=O) groups is 4. The van der Waals surface area contributed by atoms with Crippen LogP contribution in [0.4, 0.5) is 0 Å². The van der Waals surface area contributed by atoms with Crippen LogP contribution in [0.2, 0.25) is 0 Å². The summed E-state index contributed by atoms with van der Waals surface area (Å²) in [5.74, 6) is 0.0100. The Morgan fingerprint density at radius 1 is 1.02 bits per heavy atom. The minimum atomic E-state index is -0.747. The number of likely N-dealkylation sites (tertiary alicyclic amines) is 1. The summed E-state index contributed by atoms with van der Waals surface area (Å²) >= 11 is 0. The van der Waals surface area contributed by atoms with Gasteiger partial charge in [0.25, 0.3) is 5.91 Å². The molecule has 11 heteroatoms. The summed E-state index contributed by atoms with van der Waals surface area (Å²) in [7, 11) is 0. The van der Waals surface area contributed by atoms with Gasteiger partial charge in [0.15, 0.2) is 0 Å². The number of rotatable bonds is 11. The summed E-state index contributed by atoms with van der Waals surface area (Å²) in [4.78, 5) is 54.6. The minimum Gasteiger partial charge on any atom is -0.490 e. The van der Waals surface area contributed by atoms with Crippen molar-refractivity contribution in [3.05, 3.63) is 29.8 Å². The maximum Gasteiger partial charge on any atom is 0.254 e. The number of amides is 4. The van der Waals surface area contributed by atoms with Gasteiger partial charge in [-0.2, -0.15) is 0 Å². The molecule has 1 aromatic carbocycles. The Labute approximate surface area is 254 Å². The third kappa shape index (κ3) is 9.15. The fraction of sp³-hybridized carbons (Fsp3) is 0.688. The van der Waals surface area contributed by atoms with E-state index in [0.29, 0.717) is 87.4 Å². The smallest absolute Gasteiger partial charge is 0.254 e. The van der Waals surface area contributed by atoms with E-state index in [-0.39, 0.29) is 30.4 Å². The van der Waals surface area contributed by atoms with Gasteiger partial charge in [0.2, 0.25) is 18.2 Å². The molecule has 43 heavy (non-hydrogen) atoms. The van der Waals surface area contributed by atoms with Crippen molar-refractivity contribution in [1.29, 1.82) is 0 Å². The Bertz CT molecular complexity index is 1090. The third-order valence-corrected chi connectivity index (χ3v) is 8.85. The zero-order valence-corrected chi connectivity index (χ0v) is 25.8. The van der Waals surface area contributed by atoms with Crippen molar-refractivity contribution in [2.75, 3.05) is 45.9 Å². The SMILES string of the molecule is CC(C)(C)C(NC(=O)[C@H](CC1CCCC1)CN(O)C=O)C(=O)N1CCC(Oc2ccc(C(=O)N3CCOCC3)cc2)CC1. The normalized spacial score (nSPS) is 19.9. The summed E-state index contributed by atoms with van der Waals surface area (Å²) in [6.45, 7) is 8.98. The molecule has 2 aliphatic heterocycles. The molecule has 1 unspecified atom stereocenters. The number of piperidine rings is 1. The van der Waals surface area contributed by atoms with Crippen LogP contribution in [0, 0.1) is 17.3 Å². The number of hydrogen-bond donors (Lipinski definition) is 2. The van der Waals surface area contributed by atoms with Gasteiger partial charge in [0.05, 0.1) is 25.7 Å². The molecule has 0 bridgehead atoms. The Hall–Kier alpha value is -3.18. The van der Waals surface area contributed by atoms with Gasteiger partial charge in [-0.1, -0.05) is 46.5 Å². The first-order chi connectivity index (χ1) is 20.5. The van der Waals surface area contributed by atoms with Gasteiger partial charge in [0.1, 0.15) is 17.9 Å². The van der Waals surface area contributed by atoms with Gasteiger partial charge in [-0.3, -0.25) is 24.4 Å². The average Bonchev–Trinajstić information content (AvgIpc) is 3.52. The molecule has 3 aliphatic rings. The van der Waals surface area contributed by atoms with Crippen LogP contribution in [0.5, 0.6) is 5.75 Å². The molecule has 2 atom stereocenters. The molecule has 1 saturated carbocycles. The lowest BCUT2D eigenvalue weighted by molar-refractivity contribution is -0.156. The number of morpholine rings is 1. The zero-order valence-electron chi connectivity index (χ0n) is 25.8. The van der Waals surface area contributed by atoms with Gasteiger partial charge < -0.3 is 24.6 Å². The Morgan fingerprint density at radius 3 is 2.23 bits per heavy atom. The molecular formula is C32H48N4O7. The van der Waals surface area contributed by atoms with Crippen LogP contribution in [-0.2, 0) is 19.1 Å². The van der Waals surface area contributed by atoms with Gasteiger partial charge in [-0.25, -0.2) is 5.06 Å². The Morgan fingerprint density at radius 2 is 1.65 bits per heavy atom. The zero-order chi connectivity index (χ0) is 31.0. The van der Waals surface area contributed by atoms with E-state index in [1.165, 1.54) is 0 Å². The maximum atomic E-state index is 13.7. The van der Waals surface area contributed by atoms with Gasteiger partial charge in [0, 0.05) is 44.6 Å². The first-order valence-corrected chi connectivity index (χ1v) is 15.7. The summed E-state index contributed by atoms with van der Waals surface area (Å²) in [5, 5.41) is 13.4. The van der Waals surface area contributed by atoms with Crippen molar-refractivity contribution >= 4 is 24.1 Å². The molecule has 238 valence electrons. The molecule has 2 heterocycles. The second-order valence-corrected chi connectivity index (χ2v) is 13.2. The molecule has 0 radical (unpaired) electrons. The molecule has 11 nitrogen and oxygen atoms in total. The molecule has 4 rings (SSSR count). The molecule has 2 N–H and O–H groups in total. The lowest BCUT2D eigenvalue weighted by Gasteiger charge is -2.39. The van der Waals surface area contributed by atoms with E-state index in [1.807, 2.05) is 32.9 Å². The van der Waals surface area contributed by atoms with E-state index in [1.54, 1.807) is 21.9 Å². The molecule has 4 amide bonds. The second-order valence-electron chi connectivity index (χ2n) is 13.2. The van der Waals surface area contributed by atoms with Crippen molar-refractivity contribution in [1.82, 2.24) is 20.2 Å². The summed E-state index contributed by atoms with van der Waals surface area (Å²) < 4.78 is 11.5. The Balaban J connectivity index is 1.31. The molecule has 0 aromatic heterocycles. The molecule has 3 fully saturated rings. The van der Waals surface area contributed by atoms with E-state index in [9.17, 15) is 24.4 Å². The van der Waals surface area contributed by atoms with Crippen molar-refractivity contribution < 1.29 is 33.9 Å². The minimum absolute atomic E-state index is 0.00977. The summed E-state index contributed by atoms with van der Waals surface area (Å²) in [5.41, 5.74) is 0.0791. The highest BCUT2D eigenvalue weighted by Gasteiger charge is 2.39. The van der Waals surface area contributed by atoms with Crippen LogP contribution in [0.25, 0.3) is 0 Å². The number of nitrogens with one attached hydrogen (secondary N) is 1. The van der Waals surface area contributed by atoms with E-state index in [4.69, 9.17) is 9.47 Å². The number of nitrogens with zero attached hydrogens (tertiary/aromatic N) is 3. The van der Waals surface area contributed by atoms with Gasteiger partial charge in [-0.05, 0) is 42.0 Å². The predicted octanol–water partition coefficient (Wildman–Crippen LogP) is 3.10. The number of hydrogen-bond acceptors (Lipinski definition) is 7. The van der Waals surface area contributed by atoms with Crippen LogP contribution in [0.1, 0.15) is 76.1 Å². The summed E-state index contributed by atoms with van der Waals surface area (Å²) in [6, 6.07) is 6.46. The van der Waals surface area contributed by atoms with Crippen molar-refractivity contribution in [3.8, 4) is 5.75 Å². The molecule has 1 aromatic rings. The molecule has 2 saturated heterocycles. The van der Waals surface area contributed by atoms with Gasteiger partial charge >= 0.3 is 0 Å². The third-order valence-electron chi connectivity index (χ3n) is 8.85. The molecule has 0 spiro atoms. The number of benzene rings is 1. The fourth-order valence-corrected chi connectivity index (χ4v) is 6.28. The van der Waals surface area contributed by atoms with E-state index >= 15 is 0 Å². The van der Waals surface area contributed by atoms with E-state index < -0.39 is 17.4 Å². The lowest BCUT2D eigenvalue weighted by atomic mass is 9.84. The molecule has 1 aliphatic carbocycles. The van der Waals surface area contributed by atoms with Crippen molar-refractivity contribution in [3.63, 3.8) is 0 Å². The number of hydroxylamine groups is 2. The average molecular weight is 601 g/mol. The summed E-state index contributed by atoms with van der Waals surface area (Å²) in [6.07, 6.45) is 6.43. The topological polar surface area (TPSA) is 129 Å². The molecular weight excluding hydrogens is 552 g/mol. The highest BCUT2D eigenvalue weighted by Crippen LogP contribution is 2.31. The lowest BCUT2D eigenvalue weighted by Crippen LogP contribution is -2.58. The van der Waals surface area contributed by atoms with E-state index in [2.05, 4.69) is 5.32 Å². The van der Waals surface area contributed by atoms with Crippen LogP contribution < -0.4 is 10.1 Å².